The highest BCUT2D eigenvalue weighted by molar-refractivity contribution is 6.16. The Hall–Kier alpha value is -2.95. The third-order valence-electron chi connectivity index (χ3n) is 4.22. The zero-order chi connectivity index (χ0) is 18.0. The second-order valence-corrected chi connectivity index (χ2v) is 6.24. The van der Waals surface area contributed by atoms with Crippen LogP contribution in [0.15, 0.2) is 48.5 Å². The van der Waals surface area contributed by atoms with E-state index in [0.717, 1.165) is 21.8 Å². The summed E-state index contributed by atoms with van der Waals surface area (Å²) >= 11 is 0. The molecule has 3 aromatic rings. The highest BCUT2D eigenvalue weighted by Crippen LogP contribution is 2.26. The molecular formula is C20H20N2O3. The van der Waals surface area contributed by atoms with E-state index in [1.807, 2.05) is 62.4 Å². The van der Waals surface area contributed by atoms with E-state index in [1.165, 1.54) is 7.11 Å². The van der Waals surface area contributed by atoms with E-state index in [0.29, 0.717) is 5.56 Å². The molecule has 1 heterocycles. The number of rotatable bonds is 4. The number of esters is 1. The van der Waals surface area contributed by atoms with Crippen LogP contribution >= 0.6 is 0 Å². The summed E-state index contributed by atoms with van der Waals surface area (Å²) in [6.07, 6.45) is 0. The Morgan fingerprint density at radius 2 is 1.48 bits per heavy atom. The van der Waals surface area contributed by atoms with Crippen LogP contribution < -0.4 is 5.32 Å². The van der Waals surface area contributed by atoms with Crippen LogP contribution in [-0.4, -0.2) is 30.0 Å². The number of carbonyl (C=O) groups is 2. The van der Waals surface area contributed by atoms with Crippen molar-refractivity contribution in [3.63, 3.8) is 0 Å². The number of fused-ring (bicyclic) bond motifs is 2. The van der Waals surface area contributed by atoms with Crippen molar-refractivity contribution in [1.29, 1.82) is 0 Å². The zero-order valence-corrected chi connectivity index (χ0v) is 14.4. The number of amides is 1. The van der Waals surface area contributed by atoms with Gasteiger partial charge in [-0.15, -0.1) is 0 Å². The average Bonchev–Trinajstić information content (AvgIpc) is 2.62. The van der Waals surface area contributed by atoms with Crippen LogP contribution in [0.4, 0.5) is 0 Å². The highest BCUT2D eigenvalue weighted by atomic mass is 16.5. The predicted octanol–water partition coefficient (Wildman–Crippen LogP) is 3.32. The lowest BCUT2D eigenvalue weighted by atomic mass is 10.00. The summed E-state index contributed by atoms with van der Waals surface area (Å²) in [5, 5.41) is 4.34. The first-order valence-electron chi connectivity index (χ1n) is 8.19. The lowest BCUT2D eigenvalue weighted by Crippen LogP contribution is -2.45. The summed E-state index contributed by atoms with van der Waals surface area (Å²) in [6.45, 7) is 3.73. The van der Waals surface area contributed by atoms with Gasteiger partial charge in [0.05, 0.1) is 23.7 Å². The Bertz CT molecular complexity index is 896. The second-order valence-electron chi connectivity index (χ2n) is 6.24. The molecule has 1 N–H and O–H groups in total. The Labute approximate surface area is 146 Å². The molecule has 0 bridgehead atoms. The van der Waals surface area contributed by atoms with Crippen LogP contribution in [0.5, 0.6) is 0 Å². The van der Waals surface area contributed by atoms with E-state index >= 15 is 0 Å². The van der Waals surface area contributed by atoms with E-state index in [-0.39, 0.29) is 11.8 Å². The fourth-order valence-corrected chi connectivity index (χ4v) is 2.92. The largest absolute Gasteiger partial charge is 0.467 e. The SMILES string of the molecule is COC(=O)[C@H](NC(=O)c1c2ccccc2nc2ccccc12)C(C)C. The smallest absolute Gasteiger partial charge is 0.328 e. The lowest BCUT2D eigenvalue weighted by Gasteiger charge is -2.20. The fourth-order valence-electron chi connectivity index (χ4n) is 2.92. The number of aromatic nitrogens is 1. The quantitative estimate of drug-likeness (QED) is 0.586. The molecule has 0 saturated heterocycles. The summed E-state index contributed by atoms with van der Waals surface area (Å²) in [5.74, 6) is -0.847. The normalized spacial score (nSPS) is 12.3. The fraction of sp³-hybridized carbons (Fsp3) is 0.250. The van der Waals surface area contributed by atoms with Crippen molar-refractivity contribution in [1.82, 2.24) is 10.3 Å². The molecule has 5 heteroatoms. The molecular weight excluding hydrogens is 316 g/mol. The zero-order valence-electron chi connectivity index (χ0n) is 14.4. The molecule has 0 spiro atoms. The molecule has 0 unspecified atom stereocenters. The average molecular weight is 336 g/mol. The van der Waals surface area contributed by atoms with Crippen molar-refractivity contribution in [2.75, 3.05) is 7.11 Å². The summed E-state index contributed by atoms with van der Waals surface area (Å²) in [6, 6.07) is 14.3. The number of carbonyl (C=O) groups excluding carboxylic acids is 2. The van der Waals surface area contributed by atoms with Gasteiger partial charge in [-0.3, -0.25) is 4.79 Å². The van der Waals surface area contributed by atoms with Gasteiger partial charge in [0, 0.05) is 10.8 Å². The second kappa shape index (κ2) is 6.89. The lowest BCUT2D eigenvalue weighted by molar-refractivity contribution is -0.144. The summed E-state index contributed by atoms with van der Waals surface area (Å²) in [7, 11) is 1.32. The van der Waals surface area contributed by atoms with Crippen LogP contribution in [-0.2, 0) is 9.53 Å². The van der Waals surface area contributed by atoms with Gasteiger partial charge in [0.15, 0.2) is 0 Å². The number of nitrogens with zero attached hydrogens (tertiary/aromatic N) is 1. The molecule has 3 rings (SSSR count). The molecule has 1 atom stereocenters. The van der Waals surface area contributed by atoms with Crippen molar-refractivity contribution < 1.29 is 14.3 Å². The maximum atomic E-state index is 13.1. The summed E-state index contributed by atoms with van der Waals surface area (Å²) in [4.78, 5) is 29.7. The van der Waals surface area contributed by atoms with Crippen molar-refractivity contribution in [2.45, 2.75) is 19.9 Å². The van der Waals surface area contributed by atoms with Crippen LogP contribution in [0.3, 0.4) is 0 Å². The number of para-hydroxylation sites is 2. The number of hydrogen-bond acceptors (Lipinski definition) is 4. The summed E-state index contributed by atoms with van der Waals surface area (Å²) < 4.78 is 4.82. The van der Waals surface area contributed by atoms with Gasteiger partial charge in [0.25, 0.3) is 5.91 Å². The molecule has 0 radical (unpaired) electrons. The molecule has 0 fully saturated rings. The number of nitrogens with one attached hydrogen (secondary N) is 1. The molecule has 0 saturated carbocycles. The van der Waals surface area contributed by atoms with Gasteiger partial charge in [-0.05, 0) is 18.1 Å². The van der Waals surface area contributed by atoms with Gasteiger partial charge in [-0.2, -0.15) is 0 Å². The predicted molar refractivity (Wildman–Crippen MR) is 97.4 cm³/mol. The van der Waals surface area contributed by atoms with E-state index in [2.05, 4.69) is 10.3 Å². The molecule has 1 amide bonds. The van der Waals surface area contributed by atoms with Crippen LogP contribution in [0, 0.1) is 5.92 Å². The van der Waals surface area contributed by atoms with Gasteiger partial charge in [0.2, 0.25) is 0 Å². The van der Waals surface area contributed by atoms with Gasteiger partial charge in [-0.25, -0.2) is 9.78 Å². The first kappa shape index (κ1) is 16.9. The molecule has 2 aromatic carbocycles. The van der Waals surface area contributed by atoms with Crippen LogP contribution in [0.25, 0.3) is 21.8 Å². The van der Waals surface area contributed by atoms with E-state index in [1.54, 1.807) is 0 Å². The first-order chi connectivity index (χ1) is 12.0. The Balaban J connectivity index is 2.15. The minimum atomic E-state index is -0.705. The Kier molecular flexibility index (Phi) is 4.65. The van der Waals surface area contributed by atoms with Crippen LogP contribution in [0.1, 0.15) is 24.2 Å². The molecule has 5 nitrogen and oxygen atoms in total. The molecule has 25 heavy (non-hydrogen) atoms. The molecule has 0 aliphatic carbocycles. The van der Waals surface area contributed by atoms with E-state index < -0.39 is 12.0 Å². The number of benzene rings is 2. The number of pyridine rings is 1. The van der Waals surface area contributed by atoms with Crippen molar-refractivity contribution in [3.8, 4) is 0 Å². The highest BCUT2D eigenvalue weighted by Gasteiger charge is 2.27. The molecule has 0 aliphatic rings. The van der Waals surface area contributed by atoms with Gasteiger partial charge >= 0.3 is 5.97 Å². The third-order valence-corrected chi connectivity index (χ3v) is 4.22. The molecule has 128 valence electrons. The Morgan fingerprint density at radius 1 is 0.960 bits per heavy atom. The van der Waals surface area contributed by atoms with Crippen molar-refractivity contribution in [3.05, 3.63) is 54.1 Å². The third kappa shape index (κ3) is 3.18. The van der Waals surface area contributed by atoms with Gasteiger partial charge < -0.3 is 10.1 Å². The van der Waals surface area contributed by atoms with Crippen molar-refractivity contribution >= 4 is 33.7 Å². The maximum absolute atomic E-state index is 13.1. The standard InChI is InChI=1S/C20H20N2O3/c1-12(2)18(20(24)25-3)22-19(23)17-13-8-4-6-10-15(13)21-16-11-7-5-9-14(16)17/h4-12,18H,1-3H3,(H,22,23)/t18-/m1/s1. The molecule has 1 aromatic heterocycles. The van der Waals surface area contributed by atoms with E-state index in [4.69, 9.17) is 4.74 Å². The monoisotopic (exact) mass is 336 g/mol. The number of ether oxygens (including phenoxy) is 1. The first-order valence-corrected chi connectivity index (χ1v) is 8.19. The van der Waals surface area contributed by atoms with Crippen molar-refractivity contribution in [2.24, 2.45) is 5.92 Å². The topological polar surface area (TPSA) is 68.3 Å². The minimum Gasteiger partial charge on any atom is -0.467 e. The maximum Gasteiger partial charge on any atom is 0.328 e. The number of methoxy groups -OCH3 is 1. The minimum absolute atomic E-state index is 0.0873. The molecule has 0 aliphatic heterocycles. The van der Waals surface area contributed by atoms with Gasteiger partial charge in [0.1, 0.15) is 6.04 Å². The van der Waals surface area contributed by atoms with E-state index in [9.17, 15) is 9.59 Å². The Morgan fingerprint density at radius 3 is 1.96 bits per heavy atom. The summed E-state index contributed by atoms with van der Waals surface area (Å²) in [5.41, 5.74) is 2.01. The number of hydrogen-bond donors (Lipinski definition) is 1. The van der Waals surface area contributed by atoms with Crippen LogP contribution in [0.2, 0.25) is 0 Å². The van der Waals surface area contributed by atoms with Gasteiger partial charge in [-0.1, -0.05) is 50.2 Å².